The molecule has 1 saturated carbocycles. The molecule has 1 aliphatic carbocycles. The highest BCUT2D eigenvalue weighted by atomic mass is 32.2. The summed E-state index contributed by atoms with van der Waals surface area (Å²) < 4.78 is 1.84. The van der Waals surface area contributed by atoms with Crippen molar-refractivity contribution in [2.24, 2.45) is 0 Å². The van der Waals surface area contributed by atoms with Crippen molar-refractivity contribution in [3.63, 3.8) is 0 Å². The van der Waals surface area contributed by atoms with Gasteiger partial charge in [-0.25, -0.2) is 14.5 Å². The molecule has 1 fully saturated rings. The number of rotatable bonds is 5. The number of hydrogen-bond acceptors (Lipinski definition) is 5. The maximum absolute atomic E-state index is 11.6. The summed E-state index contributed by atoms with van der Waals surface area (Å²) >= 11 is 1.22. The van der Waals surface area contributed by atoms with Gasteiger partial charge in [0.05, 0.1) is 11.4 Å². The van der Waals surface area contributed by atoms with Crippen LogP contribution in [0.15, 0.2) is 35.5 Å². The summed E-state index contributed by atoms with van der Waals surface area (Å²) in [5, 5.41) is 9.60. The number of carbonyl (C=O) groups excluding carboxylic acids is 2. The zero-order valence-electron chi connectivity index (χ0n) is 12.7. The number of nitrogens with zero attached hydrogens (tertiary/aromatic N) is 3. The Morgan fingerprint density at radius 3 is 2.70 bits per heavy atom. The third kappa shape index (κ3) is 3.89. The van der Waals surface area contributed by atoms with Crippen LogP contribution in [0.3, 0.4) is 0 Å². The molecule has 23 heavy (non-hydrogen) atoms. The summed E-state index contributed by atoms with van der Waals surface area (Å²) in [6.45, 7) is 0. The van der Waals surface area contributed by atoms with Crippen molar-refractivity contribution in [3.8, 4) is 5.69 Å². The van der Waals surface area contributed by atoms with Crippen LogP contribution in [0.5, 0.6) is 0 Å². The SMILES string of the molecule is CNC(=O)NC(=O)CSc1nc(C2CC2)n(-c2ccccc2)n1. The fourth-order valence-corrected chi connectivity index (χ4v) is 2.72. The smallest absolute Gasteiger partial charge is 0.321 e. The molecule has 1 heterocycles. The largest absolute Gasteiger partial charge is 0.341 e. The minimum atomic E-state index is -0.517. The second-order valence-electron chi connectivity index (χ2n) is 5.19. The Kier molecular flexibility index (Phi) is 4.61. The molecule has 2 N–H and O–H groups in total. The number of urea groups is 1. The van der Waals surface area contributed by atoms with Gasteiger partial charge in [0.25, 0.3) is 0 Å². The fraction of sp³-hybridized carbons (Fsp3) is 0.333. The van der Waals surface area contributed by atoms with Gasteiger partial charge in [0.1, 0.15) is 5.82 Å². The van der Waals surface area contributed by atoms with Gasteiger partial charge in [0.15, 0.2) is 0 Å². The first kappa shape index (κ1) is 15.5. The molecule has 120 valence electrons. The molecular formula is C15H17N5O2S. The Morgan fingerprint density at radius 1 is 1.30 bits per heavy atom. The van der Waals surface area contributed by atoms with Gasteiger partial charge in [-0.2, -0.15) is 0 Å². The molecule has 1 aliphatic rings. The van der Waals surface area contributed by atoms with Gasteiger partial charge in [0, 0.05) is 13.0 Å². The first-order chi connectivity index (χ1) is 11.2. The Morgan fingerprint density at radius 2 is 2.04 bits per heavy atom. The van der Waals surface area contributed by atoms with Crippen molar-refractivity contribution in [1.29, 1.82) is 0 Å². The molecular weight excluding hydrogens is 314 g/mol. The lowest BCUT2D eigenvalue weighted by Gasteiger charge is -2.03. The van der Waals surface area contributed by atoms with Crippen LogP contribution in [0, 0.1) is 0 Å². The van der Waals surface area contributed by atoms with Crippen LogP contribution in [-0.2, 0) is 4.79 Å². The molecule has 3 rings (SSSR count). The quantitative estimate of drug-likeness (QED) is 0.814. The number of benzene rings is 1. The van der Waals surface area contributed by atoms with E-state index < -0.39 is 6.03 Å². The molecule has 0 unspecified atom stereocenters. The van der Waals surface area contributed by atoms with Crippen LogP contribution in [0.2, 0.25) is 0 Å². The van der Waals surface area contributed by atoms with E-state index in [1.807, 2.05) is 35.0 Å². The van der Waals surface area contributed by atoms with Gasteiger partial charge in [-0.15, -0.1) is 5.10 Å². The first-order valence-electron chi connectivity index (χ1n) is 7.34. The van der Waals surface area contributed by atoms with Gasteiger partial charge in [-0.1, -0.05) is 30.0 Å². The third-order valence-corrected chi connectivity index (χ3v) is 4.21. The van der Waals surface area contributed by atoms with Crippen molar-refractivity contribution in [2.75, 3.05) is 12.8 Å². The van der Waals surface area contributed by atoms with E-state index in [9.17, 15) is 9.59 Å². The number of hydrogen-bond donors (Lipinski definition) is 2. The van der Waals surface area contributed by atoms with E-state index in [1.165, 1.54) is 18.8 Å². The second-order valence-corrected chi connectivity index (χ2v) is 6.13. The number of aromatic nitrogens is 3. The van der Waals surface area contributed by atoms with Crippen LogP contribution in [0.1, 0.15) is 24.6 Å². The molecule has 0 saturated heterocycles. The van der Waals surface area contributed by atoms with E-state index in [0.717, 1.165) is 24.4 Å². The monoisotopic (exact) mass is 331 g/mol. The van der Waals surface area contributed by atoms with Gasteiger partial charge in [0.2, 0.25) is 11.1 Å². The Hall–Kier alpha value is -2.35. The number of amides is 3. The van der Waals surface area contributed by atoms with Gasteiger partial charge in [-0.3, -0.25) is 10.1 Å². The molecule has 1 aromatic heterocycles. The van der Waals surface area contributed by atoms with Crippen molar-refractivity contribution in [1.82, 2.24) is 25.4 Å². The zero-order valence-corrected chi connectivity index (χ0v) is 13.5. The maximum atomic E-state index is 11.6. The van der Waals surface area contributed by atoms with Crippen LogP contribution in [0.4, 0.5) is 4.79 Å². The molecule has 7 nitrogen and oxygen atoms in total. The average Bonchev–Trinajstić information content (AvgIpc) is 3.33. The first-order valence-corrected chi connectivity index (χ1v) is 8.32. The molecule has 3 amide bonds. The van der Waals surface area contributed by atoms with Gasteiger partial charge in [-0.05, 0) is 25.0 Å². The highest BCUT2D eigenvalue weighted by Crippen LogP contribution is 2.40. The van der Waals surface area contributed by atoms with E-state index in [4.69, 9.17) is 0 Å². The number of imide groups is 1. The standard InChI is InChI=1S/C15H17N5O2S/c1-16-14(22)17-12(21)9-23-15-18-13(10-7-8-10)20(19-15)11-5-3-2-4-6-11/h2-6,10H,7-9H2,1H3,(H2,16,17,21,22). The number of carbonyl (C=O) groups is 2. The zero-order chi connectivity index (χ0) is 16.2. The van der Waals surface area contributed by atoms with E-state index in [-0.39, 0.29) is 11.7 Å². The van der Waals surface area contributed by atoms with Crippen LogP contribution in [-0.4, -0.2) is 39.5 Å². The number of thioether (sulfide) groups is 1. The summed E-state index contributed by atoms with van der Waals surface area (Å²) in [4.78, 5) is 27.3. The Balaban J connectivity index is 1.71. The normalized spacial score (nSPS) is 13.6. The summed E-state index contributed by atoms with van der Waals surface area (Å²) in [7, 11) is 1.46. The van der Waals surface area contributed by atoms with E-state index in [0.29, 0.717) is 11.1 Å². The summed E-state index contributed by atoms with van der Waals surface area (Å²) in [6.07, 6.45) is 2.24. The summed E-state index contributed by atoms with van der Waals surface area (Å²) in [5.74, 6) is 1.09. The Bertz CT molecular complexity index is 712. The highest BCUT2D eigenvalue weighted by molar-refractivity contribution is 7.99. The number of para-hydroxylation sites is 1. The van der Waals surface area contributed by atoms with Crippen LogP contribution in [0.25, 0.3) is 5.69 Å². The lowest BCUT2D eigenvalue weighted by Crippen LogP contribution is -2.38. The molecule has 0 radical (unpaired) electrons. The van der Waals surface area contributed by atoms with Gasteiger partial charge < -0.3 is 5.32 Å². The predicted octanol–water partition coefficient (Wildman–Crippen LogP) is 1.69. The van der Waals surface area contributed by atoms with Crippen molar-refractivity contribution in [3.05, 3.63) is 36.2 Å². The Labute approximate surface area is 137 Å². The van der Waals surface area contributed by atoms with E-state index >= 15 is 0 Å². The summed E-state index contributed by atoms with van der Waals surface area (Å²) in [5.41, 5.74) is 0.962. The third-order valence-electron chi connectivity index (χ3n) is 3.37. The number of nitrogens with one attached hydrogen (secondary N) is 2. The van der Waals surface area contributed by atoms with Crippen molar-refractivity contribution in [2.45, 2.75) is 23.9 Å². The van der Waals surface area contributed by atoms with Gasteiger partial charge >= 0.3 is 6.03 Å². The molecule has 0 atom stereocenters. The fourth-order valence-electron chi connectivity index (χ4n) is 2.09. The highest BCUT2D eigenvalue weighted by Gasteiger charge is 2.30. The minimum absolute atomic E-state index is 0.0936. The maximum Gasteiger partial charge on any atom is 0.321 e. The van der Waals surface area contributed by atoms with E-state index in [1.54, 1.807) is 0 Å². The van der Waals surface area contributed by atoms with E-state index in [2.05, 4.69) is 20.7 Å². The predicted molar refractivity (Wildman–Crippen MR) is 86.7 cm³/mol. The molecule has 1 aromatic carbocycles. The molecule has 0 spiro atoms. The van der Waals surface area contributed by atoms with Crippen molar-refractivity contribution < 1.29 is 9.59 Å². The lowest BCUT2D eigenvalue weighted by molar-refractivity contribution is -0.117. The molecule has 2 aromatic rings. The molecule has 0 aliphatic heterocycles. The topological polar surface area (TPSA) is 88.9 Å². The lowest BCUT2D eigenvalue weighted by atomic mass is 10.3. The van der Waals surface area contributed by atoms with Crippen LogP contribution < -0.4 is 10.6 Å². The summed E-state index contributed by atoms with van der Waals surface area (Å²) in [6, 6.07) is 9.31. The molecule has 8 heteroatoms. The molecule has 0 bridgehead atoms. The average molecular weight is 331 g/mol. The van der Waals surface area contributed by atoms with Crippen LogP contribution >= 0.6 is 11.8 Å². The minimum Gasteiger partial charge on any atom is -0.341 e. The second kappa shape index (κ2) is 6.82. The van der Waals surface area contributed by atoms with Crippen molar-refractivity contribution >= 4 is 23.7 Å².